The molecule has 0 radical (unpaired) electrons. The third kappa shape index (κ3) is 6.99. The highest BCUT2D eigenvalue weighted by Crippen LogP contribution is 2.29. The van der Waals surface area contributed by atoms with Crippen LogP contribution >= 0.6 is 0 Å². The van der Waals surface area contributed by atoms with E-state index in [2.05, 4.69) is 10.6 Å². The summed E-state index contributed by atoms with van der Waals surface area (Å²) in [5, 5.41) is 5.16. The quantitative estimate of drug-likeness (QED) is 0.623. The van der Waals surface area contributed by atoms with Crippen LogP contribution in [0, 0.1) is 5.92 Å². The molecule has 1 aromatic rings. The van der Waals surface area contributed by atoms with Crippen LogP contribution in [-0.4, -0.2) is 24.9 Å². The van der Waals surface area contributed by atoms with Crippen LogP contribution in [0.2, 0.25) is 0 Å². The molecule has 23 heavy (non-hydrogen) atoms. The van der Waals surface area contributed by atoms with Gasteiger partial charge in [0.1, 0.15) is 0 Å². The van der Waals surface area contributed by atoms with Crippen LogP contribution in [0.4, 0.5) is 13.2 Å². The Balaban J connectivity index is 2.45. The van der Waals surface area contributed by atoms with E-state index in [-0.39, 0.29) is 23.9 Å². The van der Waals surface area contributed by atoms with Crippen LogP contribution in [0.25, 0.3) is 6.08 Å². The molecule has 0 bridgehead atoms. The van der Waals surface area contributed by atoms with Crippen molar-refractivity contribution in [1.82, 2.24) is 10.6 Å². The number of alkyl halides is 3. The maximum atomic E-state index is 12.6. The van der Waals surface area contributed by atoms with Gasteiger partial charge in [-0.2, -0.15) is 13.2 Å². The fourth-order valence-electron chi connectivity index (χ4n) is 1.63. The van der Waals surface area contributed by atoms with Crippen LogP contribution in [-0.2, 0) is 15.8 Å². The molecule has 0 aliphatic rings. The Morgan fingerprint density at radius 3 is 2.43 bits per heavy atom. The van der Waals surface area contributed by atoms with Gasteiger partial charge in [-0.1, -0.05) is 26.0 Å². The minimum Gasteiger partial charge on any atom is -0.354 e. The average Bonchev–Trinajstić information content (AvgIpc) is 2.48. The number of amides is 2. The summed E-state index contributed by atoms with van der Waals surface area (Å²) in [5.74, 6) is -0.688. The van der Waals surface area contributed by atoms with E-state index in [9.17, 15) is 22.8 Å². The number of nitrogens with one attached hydrogen (secondary N) is 2. The number of carbonyl (C=O) groups is 2. The molecule has 126 valence electrons. The molecule has 0 heterocycles. The summed E-state index contributed by atoms with van der Waals surface area (Å²) >= 11 is 0. The molecule has 2 amide bonds. The van der Waals surface area contributed by atoms with Gasteiger partial charge in [0.25, 0.3) is 0 Å². The Morgan fingerprint density at radius 1 is 1.17 bits per heavy atom. The lowest BCUT2D eigenvalue weighted by molar-refractivity contribution is -0.137. The van der Waals surface area contributed by atoms with Gasteiger partial charge in [0.15, 0.2) is 0 Å². The minimum absolute atomic E-state index is 0.112. The van der Waals surface area contributed by atoms with Gasteiger partial charge in [-0.3, -0.25) is 9.59 Å². The first-order valence-electron chi connectivity index (χ1n) is 7.11. The fraction of sp³-hybridized carbons (Fsp3) is 0.375. The predicted molar refractivity (Wildman–Crippen MR) is 81.3 cm³/mol. The van der Waals surface area contributed by atoms with E-state index in [0.717, 1.165) is 18.2 Å². The van der Waals surface area contributed by atoms with Crippen molar-refractivity contribution in [3.05, 3.63) is 41.5 Å². The molecule has 0 aliphatic heterocycles. The summed E-state index contributed by atoms with van der Waals surface area (Å²) in [7, 11) is 0. The van der Waals surface area contributed by atoms with E-state index in [1.54, 1.807) is 13.8 Å². The molecule has 0 aliphatic carbocycles. The predicted octanol–water partition coefficient (Wildman–Crippen LogP) is 2.61. The van der Waals surface area contributed by atoms with Crippen LogP contribution in [0.15, 0.2) is 30.3 Å². The average molecular weight is 328 g/mol. The van der Waals surface area contributed by atoms with E-state index >= 15 is 0 Å². The summed E-state index contributed by atoms with van der Waals surface area (Å²) in [4.78, 5) is 22.8. The Kier molecular flexibility index (Phi) is 6.81. The van der Waals surface area contributed by atoms with E-state index in [1.807, 2.05) is 0 Å². The molecule has 0 fully saturated rings. The highest BCUT2D eigenvalue weighted by molar-refractivity contribution is 5.91. The number of carbonyl (C=O) groups excluding carboxylic acids is 2. The van der Waals surface area contributed by atoms with Gasteiger partial charge in [-0.15, -0.1) is 0 Å². The molecule has 7 heteroatoms. The Bertz CT molecular complexity index is 581. The minimum atomic E-state index is -4.42. The molecular formula is C16H19F3N2O2. The molecule has 0 saturated carbocycles. The molecule has 1 aromatic carbocycles. The molecular weight excluding hydrogens is 309 g/mol. The van der Waals surface area contributed by atoms with Gasteiger partial charge in [-0.25, -0.2) is 0 Å². The summed E-state index contributed by atoms with van der Waals surface area (Å²) in [6, 6.07) is 4.69. The second-order valence-electron chi connectivity index (χ2n) is 5.19. The third-order valence-electron chi connectivity index (χ3n) is 2.89. The van der Waals surface area contributed by atoms with Gasteiger partial charge in [-0.05, 0) is 23.8 Å². The second kappa shape index (κ2) is 8.36. The Hall–Kier alpha value is -2.31. The molecule has 0 unspecified atom stereocenters. The summed E-state index contributed by atoms with van der Waals surface area (Å²) in [6.45, 7) is 4.04. The lowest BCUT2D eigenvalue weighted by Gasteiger charge is -2.08. The fourth-order valence-corrected chi connectivity index (χ4v) is 1.63. The highest BCUT2D eigenvalue weighted by atomic mass is 19.4. The third-order valence-corrected chi connectivity index (χ3v) is 2.89. The number of hydrogen-bond acceptors (Lipinski definition) is 2. The molecule has 0 spiro atoms. The molecule has 4 nitrogen and oxygen atoms in total. The normalized spacial score (nSPS) is 11.7. The van der Waals surface area contributed by atoms with Gasteiger partial charge in [0.2, 0.25) is 11.8 Å². The first-order chi connectivity index (χ1) is 10.7. The lowest BCUT2D eigenvalue weighted by atomic mass is 10.1. The standard InChI is InChI=1S/C16H19F3N2O2/c1-11(2)15(23)21-9-8-20-14(22)7-6-12-4-3-5-13(10-12)16(17,18)19/h3-7,10-11H,8-9H2,1-2H3,(H,20,22)(H,21,23)/b7-6+. The molecule has 0 atom stereocenters. The van der Waals surface area contributed by atoms with Crippen molar-refractivity contribution >= 4 is 17.9 Å². The maximum absolute atomic E-state index is 12.6. The smallest absolute Gasteiger partial charge is 0.354 e. The molecule has 0 saturated heterocycles. The second-order valence-corrected chi connectivity index (χ2v) is 5.19. The maximum Gasteiger partial charge on any atom is 0.416 e. The molecule has 1 rings (SSSR count). The topological polar surface area (TPSA) is 58.2 Å². The van der Waals surface area contributed by atoms with Crippen molar-refractivity contribution in [3.8, 4) is 0 Å². The van der Waals surface area contributed by atoms with Crippen LogP contribution in [0.1, 0.15) is 25.0 Å². The van der Waals surface area contributed by atoms with E-state index in [1.165, 1.54) is 18.2 Å². The number of hydrogen-bond donors (Lipinski definition) is 2. The van der Waals surface area contributed by atoms with Crippen molar-refractivity contribution in [2.75, 3.05) is 13.1 Å². The highest BCUT2D eigenvalue weighted by Gasteiger charge is 2.30. The SMILES string of the molecule is CC(C)C(=O)NCCNC(=O)/C=C/c1cccc(C(F)(F)F)c1. The first-order valence-corrected chi connectivity index (χ1v) is 7.11. The largest absolute Gasteiger partial charge is 0.416 e. The van der Waals surface area contributed by atoms with Crippen molar-refractivity contribution < 1.29 is 22.8 Å². The van der Waals surface area contributed by atoms with Crippen molar-refractivity contribution in [2.24, 2.45) is 5.92 Å². The van der Waals surface area contributed by atoms with Crippen LogP contribution < -0.4 is 10.6 Å². The summed E-state index contributed by atoms with van der Waals surface area (Å²) < 4.78 is 37.7. The summed E-state index contributed by atoms with van der Waals surface area (Å²) in [6.07, 6.45) is -1.96. The monoisotopic (exact) mass is 328 g/mol. The first kappa shape index (κ1) is 18.7. The molecule has 2 N–H and O–H groups in total. The lowest BCUT2D eigenvalue weighted by Crippen LogP contribution is -2.35. The Labute approximate surface area is 132 Å². The van der Waals surface area contributed by atoms with Crippen molar-refractivity contribution in [2.45, 2.75) is 20.0 Å². The van der Waals surface area contributed by atoms with Gasteiger partial charge in [0, 0.05) is 25.1 Å². The van der Waals surface area contributed by atoms with Crippen LogP contribution in [0.3, 0.4) is 0 Å². The van der Waals surface area contributed by atoms with Gasteiger partial charge < -0.3 is 10.6 Å². The number of halogens is 3. The van der Waals surface area contributed by atoms with Crippen molar-refractivity contribution in [1.29, 1.82) is 0 Å². The Morgan fingerprint density at radius 2 is 1.83 bits per heavy atom. The molecule has 0 aromatic heterocycles. The van der Waals surface area contributed by atoms with E-state index in [0.29, 0.717) is 6.54 Å². The number of benzene rings is 1. The van der Waals surface area contributed by atoms with Gasteiger partial charge in [0.05, 0.1) is 5.56 Å². The van der Waals surface area contributed by atoms with Gasteiger partial charge >= 0.3 is 6.18 Å². The number of rotatable bonds is 6. The van der Waals surface area contributed by atoms with E-state index in [4.69, 9.17) is 0 Å². The zero-order valence-corrected chi connectivity index (χ0v) is 12.9. The van der Waals surface area contributed by atoms with Crippen LogP contribution in [0.5, 0.6) is 0 Å². The zero-order valence-electron chi connectivity index (χ0n) is 12.9. The van der Waals surface area contributed by atoms with E-state index < -0.39 is 17.6 Å². The summed E-state index contributed by atoms with van der Waals surface area (Å²) in [5.41, 5.74) is -0.487. The van der Waals surface area contributed by atoms with Crippen molar-refractivity contribution in [3.63, 3.8) is 0 Å². The zero-order chi connectivity index (χ0) is 17.5.